The van der Waals surface area contributed by atoms with Crippen LogP contribution in [0.1, 0.15) is 26.7 Å². The monoisotopic (exact) mass is 255 g/mol. The minimum Gasteiger partial charge on any atom is -0.480 e. The Morgan fingerprint density at radius 3 is 2.50 bits per heavy atom. The SMILES string of the molecule is CC(C)CC(NCC(=O)N(C)CCC#N)C(=O)O. The van der Waals surface area contributed by atoms with Crippen molar-refractivity contribution in [3.05, 3.63) is 0 Å². The Morgan fingerprint density at radius 1 is 1.44 bits per heavy atom. The molecule has 0 saturated carbocycles. The first-order valence-corrected chi connectivity index (χ1v) is 5.95. The summed E-state index contributed by atoms with van der Waals surface area (Å²) in [6.07, 6.45) is 0.751. The highest BCUT2D eigenvalue weighted by atomic mass is 16.4. The maximum absolute atomic E-state index is 11.6. The number of nitrogens with one attached hydrogen (secondary N) is 1. The van der Waals surface area contributed by atoms with Crippen LogP contribution in [0.3, 0.4) is 0 Å². The lowest BCUT2D eigenvalue weighted by atomic mass is 10.0. The summed E-state index contributed by atoms with van der Waals surface area (Å²) in [4.78, 5) is 24.0. The second-order valence-corrected chi connectivity index (χ2v) is 4.62. The topological polar surface area (TPSA) is 93.4 Å². The zero-order valence-corrected chi connectivity index (χ0v) is 11.1. The molecule has 0 spiro atoms. The van der Waals surface area contributed by atoms with E-state index in [0.717, 1.165) is 0 Å². The van der Waals surface area contributed by atoms with Crippen molar-refractivity contribution in [3.8, 4) is 6.07 Å². The fourth-order valence-corrected chi connectivity index (χ4v) is 1.43. The van der Waals surface area contributed by atoms with E-state index in [1.807, 2.05) is 19.9 Å². The molecule has 102 valence electrons. The maximum atomic E-state index is 11.6. The Hall–Kier alpha value is -1.61. The minimum absolute atomic E-state index is 0.0222. The van der Waals surface area contributed by atoms with Crippen LogP contribution >= 0.6 is 0 Å². The van der Waals surface area contributed by atoms with Gasteiger partial charge >= 0.3 is 5.97 Å². The van der Waals surface area contributed by atoms with Gasteiger partial charge in [0.25, 0.3) is 0 Å². The van der Waals surface area contributed by atoms with Gasteiger partial charge in [0.05, 0.1) is 19.0 Å². The second kappa shape index (κ2) is 8.48. The summed E-state index contributed by atoms with van der Waals surface area (Å²) < 4.78 is 0. The zero-order valence-electron chi connectivity index (χ0n) is 11.1. The van der Waals surface area contributed by atoms with Crippen LogP contribution < -0.4 is 5.32 Å². The van der Waals surface area contributed by atoms with Gasteiger partial charge in [-0.2, -0.15) is 5.26 Å². The average Bonchev–Trinajstić information content (AvgIpc) is 2.30. The average molecular weight is 255 g/mol. The predicted octanol–water partition coefficient (Wildman–Crippen LogP) is 0.447. The number of aliphatic carboxylic acids is 1. The smallest absolute Gasteiger partial charge is 0.320 e. The number of hydrogen-bond donors (Lipinski definition) is 2. The first kappa shape index (κ1) is 16.4. The molecule has 0 saturated heterocycles. The summed E-state index contributed by atoms with van der Waals surface area (Å²) in [6.45, 7) is 4.20. The van der Waals surface area contributed by atoms with E-state index in [-0.39, 0.29) is 24.8 Å². The van der Waals surface area contributed by atoms with Crippen molar-refractivity contribution in [1.29, 1.82) is 5.26 Å². The number of carbonyl (C=O) groups is 2. The van der Waals surface area contributed by atoms with Gasteiger partial charge in [-0.3, -0.25) is 14.9 Å². The molecule has 0 aliphatic heterocycles. The molecular formula is C12H21N3O3. The van der Waals surface area contributed by atoms with E-state index >= 15 is 0 Å². The number of nitriles is 1. The lowest BCUT2D eigenvalue weighted by Crippen LogP contribution is -2.44. The van der Waals surface area contributed by atoms with E-state index in [4.69, 9.17) is 10.4 Å². The molecule has 0 aromatic carbocycles. The molecule has 18 heavy (non-hydrogen) atoms. The lowest BCUT2D eigenvalue weighted by molar-refractivity contribution is -0.140. The molecule has 0 rings (SSSR count). The first-order valence-electron chi connectivity index (χ1n) is 5.95. The molecule has 2 N–H and O–H groups in total. The second-order valence-electron chi connectivity index (χ2n) is 4.62. The summed E-state index contributed by atoms with van der Waals surface area (Å²) in [5, 5.41) is 20.1. The van der Waals surface area contributed by atoms with E-state index in [1.54, 1.807) is 7.05 Å². The van der Waals surface area contributed by atoms with Crippen molar-refractivity contribution in [2.75, 3.05) is 20.1 Å². The fourth-order valence-electron chi connectivity index (χ4n) is 1.43. The summed E-state index contributed by atoms with van der Waals surface area (Å²) in [5.74, 6) is -0.915. The van der Waals surface area contributed by atoms with Gasteiger partial charge in [-0.05, 0) is 12.3 Å². The van der Waals surface area contributed by atoms with E-state index < -0.39 is 12.0 Å². The Bertz CT molecular complexity index is 323. The zero-order chi connectivity index (χ0) is 14.1. The van der Waals surface area contributed by atoms with Crippen molar-refractivity contribution in [2.45, 2.75) is 32.7 Å². The Kier molecular flexibility index (Phi) is 7.72. The number of carbonyl (C=O) groups excluding carboxylic acids is 1. The van der Waals surface area contributed by atoms with Crippen LogP contribution in [-0.4, -0.2) is 48.1 Å². The Labute approximate surface area is 108 Å². The number of rotatable bonds is 8. The predicted molar refractivity (Wildman–Crippen MR) is 66.7 cm³/mol. The van der Waals surface area contributed by atoms with Crippen LogP contribution in [0.2, 0.25) is 0 Å². The van der Waals surface area contributed by atoms with Gasteiger partial charge in [-0.15, -0.1) is 0 Å². The normalized spacial score (nSPS) is 11.9. The molecule has 0 radical (unpaired) electrons. The first-order chi connectivity index (χ1) is 8.38. The third kappa shape index (κ3) is 6.86. The molecule has 0 heterocycles. The third-order valence-corrected chi connectivity index (χ3v) is 2.49. The quantitative estimate of drug-likeness (QED) is 0.656. The van der Waals surface area contributed by atoms with Gasteiger partial charge in [0, 0.05) is 13.6 Å². The third-order valence-electron chi connectivity index (χ3n) is 2.49. The van der Waals surface area contributed by atoms with Crippen LogP contribution in [0, 0.1) is 17.2 Å². The fraction of sp³-hybridized carbons (Fsp3) is 0.750. The van der Waals surface area contributed by atoms with Crippen molar-refractivity contribution in [1.82, 2.24) is 10.2 Å². The van der Waals surface area contributed by atoms with Gasteiger partial charge in [0.2, 0.25) is 5.91 Å². The van der Waals surface area contributed by atoms with E-state index in [0.29, 0.717) is 13.0 Å². The summed E-state index contributed by atoms with van der Waals surface area (Å²) >= 11 is 0. The Balaban J connectivity index is 4.15. The van der Waals surface area contributed by atoms with Gasteiger partial charge in [0.1, 0.15) is 6.04 Å². The van der Waals surface area contributed by atoms with Gasteiger partial charge in [-0.25, -0.2) is 0 Å². The number of carboxylic acid groups (broad SMARTS) is 1. The minimum atomic E-state index is -0.948. The summed E-state index contributed by atoms with van der Waals surface area (Å²) in [6, 6.07) is 1.24. The number of hydrogen-bond acceptors (Lipinski definition) is 4. The van der Waals surface area contributed by atoms with Crippen molar-refractivity contribution < 1.29 is 14.7 Å². The maximum Gasteiger partial charge on any atom is 0.320 e. The molecular weight excluding hydrogens is 234 g/mol. The van der Waals surface area contributed by atoms with Crippen LogP contribution in [0.4, 0.5) is 0 Å². The molecule has 1 amide bonds. The molecule has 0 aromatic heterocycles. The van der Waals surface area contributed by atoms with E-state index in [1.165, 1.54) is 4.90 Å². The number of amides is 1. The summed E-state index contributed by atoms with van der Waals surface area (Å²) in [5.41, 5.74) is 0. The van der Waals surface area contributed by atoms with Gasteiger partial charge in [-0.1, -0.05) is 13.8 Å². The molecule has 0 aromatic rings. The van der Waals surface area contributed by atoms with Gasteiger partial charge in [0.15, 0.2) is 0 Å². The van der Waals surface area contributed by atoms with E-state index in [2.05, 4.69) is 5.32 Å². The molecule has 1 atom stereocenters. The molecule has 0 bridgehead atoms. The van der Waals surface area contributed by atoms with Crippen molar-refractivity contribution in [3.63, 3.8) is 0 Å². The van der Waals surface area contributed by atoms with Crippen LogP contribution in [0.25, 0.3) is 0 Å². The van der Waals surface area contributed by atoms with Gasteiger partial charge < -0.3 is 10.0 Å². The highest BCUT2D eigenvalue weighted by Crippen LogP contribution is 2.04. The largest absolute Gasteiger partial charge is 0.480 e. The molecule has 6 heteroatoms. The number of nitrogens with zero attached hydrogens (tertiary/aromatic N) is 2. The number of likely N-dealkylation sites (N-methyl/N-ethyl adjacent to an activating group) is 1. The lowest BCUT2D eigenvalue weighted by Gasteiger charge is -2.19. The molecule has 1 unspecified atom stereocenters. The highest BCUT2D eigenvalue weighted by Gasteiger charge is 2.20. The highest BCUT2D eigenvalue weighted by molar-refractivity contribution is 5.79. The molecule has 0 fully saturated rings. The van der Waals surface area contributed by atoms with Crippen molar-refractivity contribution in [2.24, 2.45) is 5.92 Å². The van der Waals surface area contributed by atoms with E-state index in [9.17, 15) is 9.59 Å². The molecule has 0 aliphatic rings. The van der Waals surface area contributed by atoms with Crippen LogP contribution in [0.15, 0.2) is 0 Å². The molecule has 0 aliphatic carbocycles. The molecule has 6 nitrogen and oxygen atoms in total. The number of carboxylic acids is 1. The van der Waals surface area contributed by atoms with Crippen LogP contribution in [0.5, 0.6) is 0 Å². The van der Waals surface area contributed by atoms with Crippen LogP contribution in [-0.2, 0) is 9.59 Å². The standard InChI is InChI=1S/C12H21N3O3/c1-9(2)7-10(12(17)18)14-8-11(16)15(3)6-4-5-13/h9-10,14H,4,6-8H2,1-3H3,(H,17,18). The Morgan fingerprint density at radius 2 is 2.06 bits per heavy atom. The van der Waals surface area contributed by atoms with Crippen molar-refractivity contribution >= 4 is 11.9 Å². The summed E-state index contributed by atoms with van der Waals surface area (Å²) in [7, 11) is 1.60.